The van der Waals surface area contributed by atoms with Crippen LogP contribution in [0.3, 0.4) is 0 Å². The Morgan fingerprint density at radius 3 is 2.83 bits per heavy atom. The molecule has 8 nitrogen and oxygen atoms in total. The molecule has 2 aliphatic rings. The summed E-state index contributed by atoms with van der Waals surface area (Å²) in [4.78, 5) is 38.9. The van der Waals surface area contributed by atoms with Gasteiger partial charge in [0.2, 0.25) is 16.9 Å². The molecule has 2 N–H and O–H groups in total. The number of rotatable bonds is 5. The number of piperazine rings is 1. The molecule has 1 saturated carbocycles. The Bertz CT molecular complexity index is 977. The van der Waals surface area contributed by atoms with Gasteiger partial charge in [0.05, 0.1) is 5.75 Å². The third-order valence-corrected chi connectivity index (χ3v) is 7.23. The van der Waals surface area contributed by atoms with Crippen LogP contribution in [0.1, 0.15) is 32.1 Å². The van der Waals surface area contributed by atoms with Gasteiger partial charge in [-0.3, -0.25) is 19.7 Å². The first kappa shape index (κ1) is 20.7. The van der Waals surface area contributed by atoms with E-state index in [1.54, 1.807) is 12.1 Å². The summed E-state index contributed by atoms with van der Waals surface area (Å²) in [6, 6.07) is 6.00. The summed E-state index contributed by atoms with van der Waals surface area (Å²) < 4.78 is 13.9. The van der Waals surface area contributed by atoms with Crippen LogP contribution in [0.4, 0.5) is 15.2 Å². The summed E-state index contributed by atoms with van der Waals surface area (Å²) in [5, 5.41) is 13.9. The molecule has 1 spiro atoms. The molecule has 2 fully saturated rings. The topological polar surface area (TPSA) is 104 Å². The van der Waals surface area contributed by atoms with E-state index >= 15 is 0 Å². The molecule has 1 aromatic heterocycles. The lowest BCUT2D eigenvalue weighted by Gasteiger charge is -2.47. The number of hydrogen-bond donors (Lipinski definition) is 2. The number of thioether (sulfide) groups is 1. The molecule has 3 amide bonds. The van der Waals surface area contributed by atoms with Crippen molar-refractivity contribution in [3.8, 4) is 0 Å². The van der Waals surface area contributed by atoms with Crippen LogP contribution in [0.15, 0.2) is 28.6 Å². The molecular weight excluding hydrogens is 429 g/mol. The van der Waals surface area contributed by atoms with Crippen LogP contribution in [0.25, 0.3) is 0 Å². The quantitative estimate of drug-likeness (QED) is 0.534. The fourth-order valence-corrected chi connectivity index (χ4v) is 5.52. The molecule has 1 saturated heterocycles. The molecule has 1 aliphatic heterocycles. The van der Waals surface area contributed by atoms with Crippen LogP contribution in [-0.4, -0.2) is 50.7 Å². The zero-order valence-corrected chi connectivity index (χ0v) is 17.7. The lowest BCUT2D eigenvalue weighted by atomic mass is 9.78. The molecule has 1 aromatic carbocycles. The van der Waals surface area contributed by atoms with Crippen molar-refractivity contribution < 1.29 is 18.8 Å². The van der Waals surface area contributed by atoms with Crippen molar-refractivity contribution in [2.45, 2.75) is 42.0 Å². The molecular formula is C19H20FN5O3S2. The maximum Gasteiger partial charge on any atom is 0.252 e. The number of aromatic nitrogens is 2. The van der Waals surface area contributed by atoms with Crippen molar-refractivity contribution in [2.75, 3.05) is 17.6 Å². The number of nitrogens with one attached hydrogen (secondary N) is 2. The number of carbonyl (C=O) groups excluding carboxylic acids is 3. The maximum atomic E-state index is 13.3. The number of nitrogens with zero attached hydrogens (tertiary/aromatic N) is 3. The molecule has 158 valence electrons. The smallest absolute Gasteiger partial charge is 0.252 e. The Kier molecular flexibility index (Phi) is 6.00. The maximum absolute atomic E-state index is 13.3. The zero-order chi connectivity index (χ0) is 21.1. The molecule has 4 rings (SSSR count). The lowest BCUT2D eigenvalue weighted by Crippen LogP contribution is -2.69. The first-order chi connectivity index (χ1) is 14.5. The van der Waals surface area contributed by atoms with Crippen LogP contribution in [0, 0.1) is 5.82 Å². The van der Waals surface area contributed by atoms with E-state index in [-0.39, 0.29) is 29.9 Å². The van der Waals surface area contributed by atoms with Crippen LogP contribution in [-0.2, 0) is 14.4 Å². The highest BCUT2D eigenvalue weighted by atomic mass is 32.2. The van der Waals surface area contributed by atoms with E-state index in [9.17, 15) is 18.8 Å². The lowest BCUT2D eigenvalue weighted by molar-refractivity contribution is -0.158. The van der Waals surface area contributed by atoms with Crippen molar-refractivity contribution in [3.63, 3.8) is 0 Å². The van der Waals surface area contributed by atoms with E-state index < -0.39 is 11.4 Å². The first-order valence-corrected chi connectivity index (χ1v) is 11.4. The SMILES string of the molecule is O=C1CN(C(=O)CSc2nnc(Nc3cccc(F)c3)s2)C2(CCCCC2)C(=O)N1. The average molecular weight is 450 g/mol. The molecule has 1 aliphatic carbocycles. The summed E-state index contributed by atoms with van der Waals surface area (Å²) >= 11 is 2.44. The molecule has 0 radical (unpaired) electrons. The number of amides is 3. The van der Waals surface area contributed by atoms with Gasteiger partial charge in [0.1, 0.15) is 17.9 Å². The Balaban J connectivity index is 1.40. The second-order valence-electron chi connectivity index (χ2n) is 7.25. The predicted octanol–water partition coefficient (Wildman–Crippen LogP) is 2.70. The molecule has 2 heterocycles. The van der Waals surface area contributed by atoms with Gasteiger partial charge >= 0.3 is 0 Å². The van der Waals surface area contributed by atoms with E-state index in [1.165, 1.54) is 40.1 Å². The van der Waals surface area contributed by atoms with Gasteiger partial charge in [-0.05, 0) is 31.0 Å². The fraction of sp³-hybridized carbons (Fsp3) is 0.421. The normalized spacial score (nSPS) is 18.4. The van der Waals surface area contributed by atoms with Crippen molar-refractivity contribution >= 4 is 51.6 Å². The Labute approximate surface area is 180 Å². The third kappa shape index (κ3) is 4.31. The molecule has 30 heavy (non-hydrogen) atoms. The van der Waals surface area contributed by atoms with Crippen LogP contribution in [0.2, 0.25) is 0 Å². The van der Waals surface area contributed by atoms with E-state index in [4.69, 9.17) is 0 Å². The van der Waals surface area contributed by atoms with Gasteiger partial charge in [-0.1, -0.05) is 48.4 Å². The number of anilines is 2. The minimum absolute atomic E-state index is 0.0525. The average Bonchev–Trinajstić information content (AvgIpc) is 3.17. The Morgan fingerprint density at radius 1 is 1.27 bits per heavy atom. The highest BCUT2D eigenvalue weighted by molar-refractivity contribution is 8.01. The molecule has 0 bridgehead atoms. The van der Waals surface area contributed by atoms with Crippen molar-refractivity contribution in [1.82, 2.24) is 20.4 Å². The molecule has 0 atom stereocenters. The van der Waals surface area contributed by atoms with Gasteiger partial charge in [0.15, 0.2) is 4.34 Å². The van der Waals surface area contributed by atoms with Crippen LogP contribution >= 0.6 is 23.1 Å². The summed E-state index contributed by atoms with van der Waals surface area (Å²) in [7, 11) is 0. The standard InChI is InChI=1S/C19H20FN5O3S2/c20-12-5-4-6-13(9-12)21-17-23-24-18(30-17)29-11-15(27)25-10-14(26)22-16(28)19(25)7-2-1-3-8-19/h4-6,9H,1-3,7-8,10-11H2,(H,21,23)(H,22,26,28). The highest BCUT2D eigenvalue weighted by Crippen LogP contribution is 2.36. The van der Waals surface area contributed by atoms with Gasteiger partial charge in [0, 0.05) is 5.69 Å². The molecule has 2 aromatic rings. The largest absolute Gasteiger partial charge is 0.330 e. The van der Waals surface area contributed by atoms with Gasteiger partial charge < -0.3 is 10.2 Å². The van der Waals surface area contributed by atoms with Crippen molar-refractivity contribution in [3.05, 3.63) is 30.1 Å². The summed E-state index contributed by atoms with van der Waals surface area (Å²) in [6.45, 7) is -0.104. The highest BCUT2D eigenvalue weighted by Gasteiger charge is 2.50. The summed E-state index contributed by atoms with van der Waals surface area (Å²) in [5.41, 5.74) is -0.370. The zero-order valence-electron chi connectivity index (χ0n) is 16.0. The number of benzene rings is 1. The van der Waals surface area contributed by atoms with Gasteiger partial charge in [-0.25, -0.2) is 4.39 Å². The second-order valence-corrected chi connectivity index (χ2v) is 9.45. The Morgan fingerprint density at radius 2 is 2.07 bits per heavy atom. The minimum atomic E-state index is -0.922. The number of carbonyl (C=O) groups is 3. The predicted molar refractivity (Wildman–Crippen MR) is 111 cm³/mol. The first-order valence-electron chi connectivity index (χ1n) is 9.60. The number of imide groups is 1. The summed E-state index contributed by atoms with van der Waals surface area (Å²) in [6.07, 6.45) is 3.87. The van der Waals surface area contributed by atoms with Gasteiger partial charge in [0.25, 0.3) is 5.91 Å². The van der Waals surface area contributed by atoms with E-state index in [0.717, 1.165) is 19.3 Å². The van der Waals surface area contributed by atoms with Gasteiger partial charge in [-0.15, -0.1) is 10.2 Å². The van der Waals surface area contributed by atoms with Gasteiger partial charge in [-0.2, -0.15) is 0 Å². The van der Waals surface area contributed by atoms with Crippen LogP contribution < -0.4 is 10.6 Å². The Hall–Kier alpha value is -2.53. The molecule has 11 heteroatoms. The van der Waals surface area contributed by atoms with Crippen LogP contribution in [0.5, 0.6) is 0 Å². The fourth-order valence-electron chi connectivity index (χ4n) is 3.87. The number of hydrogen-bond acceptors (Lipinski definition) is 8. The van der Waals surface area contributed by atoms with E-state index in [0.29, 0.717) is 28.0 Å². The minimum Gasteiger partial charge on any atom is -0.330 e. The van der Waals surface area contributed by atoms with E-state index in [1.807, 2.05) is 0 Å². The monoisotopic (exact) mass is 449 g/mol. The van der Waals surface area contributed by atoms with E-state index in [2.05, 4.69) is 20.8 Å². The number of halogens is 1. The van der Waals surface area contributed by atoms with Crippen molar-refractivity contribution in [1.29, 1.82) is 0 Å². The third-order valence-electron chi connectivity index (χ3n) is 5.28. The summed E-state index contributed by atoms with van der Waals surface area (Å²) in [5.74, 6) is -1.39. The second kappa shape index (κ2) is 8.68. The molecule has 0 unspecified atom stereocenters. The van der Waals surface area contributed by atoms with Crippen molar-refractivity contribution in [2.24, 2.45) is 0 Å².